The molecular formula is C20H36FIN6. The maximum absolute atomic E-state index is 13.9. The van der Waals surface area contributed by atoms with Crippen molar-refractivity contribution < 1.29 is 4.39 Å². The topological polar surface area (TPSA) is 55.8 Å². The molecule has 0 aromatic carbocycles. The molecule has 0 radical (unpaired) electrons. The van der Waals surface area contributed by atoms with Crippen molar-refractivity contribution in [3.63, 3.8) is 0 Å². The van der Waals surface area contributed by atoms with Gasteiger partial charge in [0.15, 0.2) is 17.6 Å². The third kappa shape index (κ3) is 8.89. The highest BCUT2D eigenvalue weighted by atomic mass is 127. The highest BCUT2D eigenvalue weighted by molar-refractivity contribution is 14.0. The maximum Gasteiger partial charge on any atom is 0.191 e. The fourth-order valence-electron chi connectivity index (χ4n) is 3.36. The van der Waals surface area contributed by atoms with Gasteiger partial charge in [0.2, 0.25) is 0 Å². The van der Waals surface area contributed by atoms with Crippen LogP contribution in [0.25, 0.3) is 0 Å². The number of aliphatic imine (C=N–C) groups is 1. The molecule has 0 bridgehead atoms. The second-order valence-corrected chi connectivity index (χ2v) is 7.45. The number of nitrogens with zero attached hydrogens (tertiary/aromatic N) is 4. The van der Waals surface area contributed by atoms with Crippen LogP contribution in [-0.4, -0.2) is 69.2 Å². The molecule has 1 aromatic heterocycles. The molecule has 1 atom stereocenters. The van der Waals surface area contributed by atoms with Crippen molar-refractivity contribution in [2.24, 2.45) is 4.99 Å². The van der Waals surface area contributed by atoms with Gasteiger partial charge in [-0.25, -0.2) is 9.37 Å². The van der Waals surface area contributed by atoms with Gasteiger partial charge < -0.3 is 20.4 Å². The van der Waals surface area contributed by atoms with Crippen LogP contribution in [0.2, 0.25) is 0 Å². The average molecular weight is 506 g/mol. The van der Waals surface area contributed by atoms with E-state index in [1.165, 1.54) is 38.3 Å². The lowest BCUT2D eigenvalue weighted by Gasteiger charge is -2.20. The Bertz CT molecular complexity index is 584. The van der Waals surface area contributed by atoms with Crippen molar-refractivity contribution in [1.82, 2.24) is 20.5 Å². The summed E-state index contributed by atoms with van der Waals surface area (Å²) >= 11 is 0. The van der Waals surface area contributed by atoms with E-state index in [1.54, 1.807) is 19.3 Å². The molecule has 6 nitrogen and oxygen atoms in total. The molecule has 1 fully saturated rings. The number of aromatic nitrogens is 1. The zero-order chi connectivity index (χ0) is 19.5. The predicted octanol–water partition coefficient (Wildman–Crippen LogP) is 3.09. The molecule has 1 aromatic rings. The first-order valence-corrected chi connectivity index (χ1v) is 10.1. The summed E-state index contributed by atoms with van der Waals surface area (Å²) in [5, 5.41) is 6.84. The Balaban J connectivity index is 0.00000392. The highest BCUT2D eigenvalue weighted by Crippen LogP contribution is 2.20. The number of rotatable bonds is 10. The molecule has 0 spiro atoms. The third-order valence-electron chi connectivity index (χ3n) is 4.87. The van der Waals surface area contributed by atoms with E-state index in [0.717, 1.165) is 38.4 Å². The smallest absolute Gasteiger partial charge is 0.191 e. The fraction of sp³-hybridized carbons (Fsp3) is 0.700. The monoisotopic (exact) mass is 506 g/mol. The molecule has 0 amide bonds. The first-order chi connectivity index (χ1) is 13.1. The van der Waals surface area contributed by atoms with Crippen LogP contribution in [0.3, 0.4) is 0 Å². The summed E-state index contributed by atoms with van der Waals surface area (Å²) in [6.07, 6.45) is 8.84. The van der Waals surface area contributed by atoms with Crippen LogP contribution in [-0.2, 0) is 0 Å². The summed E-state index contributed by atoms with van der Waals surface area (Å²) in [6.45, 7) is 3.64. The van der Waals surface area contributed by atoms with E-state index >= 15 is 0 Å². The van der Waals surface area contributed by atoms with Crippen molar-refractivity contribution in [1.29, 1.82) is 0 Å². The van der Waals surface area contributed by atoms with E-state index in [-0.39, 0.29) is 35.8 Å². The summed E-state index contributed by atoms with van der Waals surface area (Å²) in [7, 11) is 6.04. The number of anilines is 1. The molecule has 8 heteroatoms. The SMILES string of the molecule is CN=C(NCCCCCCCN(C)C)NC1CCN(c2ncccc2F)C1.I. The van der Waals surface area contributed by atoms with Crippen molar-refractivity contribution >= 4 is 35.8 Å². The average Bonchev–Trinajstić information content (AvgIpc) is 3.11. The minimum atomic E-state index is -0.258. The third-order valence-corrected chi connectivity index (χ3v) is 4.87. The van der Waals surface area contributed by atoms with Gasteiger partial charge in [-0.2, -0.15) is 0 Å². The predicted molar refractivity (Wildman–Crippen MR) is 126 cm³/mol. The number of nitrogens with one attached hydrogen (secondary N) is 2. The van der Waals surface area contributed by atoms with Gasteiger partial charge in [0.25, 0.3) is 0 Å². The molecule has 2 heterocycles. The van der Waals surface area contributed by atoms with Crippen LogP contribution >= 0.6 is 24.0 Å². The minimum absolute atomic E-state index is 0. The first kappa shape index (κ1) is 24.9. The Kier molecular flexibility index (Phi) is 12.4. The Hall–Kier alpha value is -1.16. The fourth-order valence-corrected chi connectivity index (χ4v) is 3.36. The van der Waals surface area contributed by atoms with E-state index < -0.39 is 0 Å². The van der Waals surface area contributed by atoms with Crippen molar-refractivity contribution in [2.75, 3.05) is 52.2 Å². The summed E-state index contributed by atoms with van der Waals surface area (Å²) in [5.74, 6) is 1.02. The van der Waals surface area contributed by atoms with Gasteiger partial charge in [-0.3, -0.25) is 4.99 Å². The van der Waals surface area contributed by atoms with Crippen LogP contribution in [0, 0.1) is 5.82 Å². The maximum atomic E-state index is 13.9. The van der Waals surface area contributed by atoms with Crippen LogP contribution < -0.4 is 15.5 Å². The van der Waals surface area contributed by atoms with E-state index in [9.17, 15) is 4.39 Å². The molecule has 1 aliphatic rings. The zero-order valence-corrected chi connectivity index (χ0v) is 19.8. The van der Waals surface area contributed by atoms with Crippen molar-refractivity contribution in [3.05, 3.63) is 24.1 Å². The summed E-state index contributed by atoms with van der Waals surface area (Å²) < 4.78 is 13.9. The van der Waals surface area contributed by atoms with Gasteiger partial charge in [0, 0.05) is 38.9 Å². The van der Waals surface area contributed by atoms with Gasteiger partial charge in [0.05, 0.1) is 0 Å². The zero-order valence-electron chi connectivity index (χ0n) is 17.5. The van der Waals surface area contributed by atoms with Crippen molar-refractivity contribution in [3.8, 4) is 0 Å². The Morgan fingerprint density at radius 3 is 2.75 bits per heavy atom. The number of hydrogen-bond acceptors (Lipinski definition) is 4. The van der Waals surface area contributed by atoms with Gasteiger partial charge >= 0.3 is 0 Å². The Morgan fingerprint density at radius 2 is 2.04 bits per heavy atom. The lowest BCUT2D eigenvalue weighted by atomic mass is 10.1. The van der Waals surface area contributed by atoms with Crippen LogP contribution in [0.15, 0.2) is 23.3 Å². The number of guanidine groups is 1. The Labute approximate surface area is 186 Å². The van der Waals surface area contributed by atoms with E-state index in [0.29, 0.717) is 5.82 Å². The number of halogens is 2. The molecule has 1 unspecified atom stereocenters. The molecule has 160 valence electrons. The number of unbranched alkanes of at least 4 members (excludes halogenated alkanes) is 4. The van der Waals surface area contributed by atoms with E-state index in [2.05, 4.69) is 39.6 Å². The molecule has 1 saturated heterocycles. The quantitative estimate of drug-likeness (QED) is 0.221. The van der Waals surface area contributed by atoms with E-state index in [1.807, 2.05) is 4.90 Å². The lowest BCUT2D eigenvalue weighted by Crippen LogP contribution is -2.45. The molecule has 2 N–H and O–H groups in total. The van der Waals surface area contributed by atoms with Gasteiger partial charge in [-0.15, -0.1) is 24.0 Å². The van der Waals surface area contributed by atoms with Crippen LogP contribution in [0.1, 0.15) is 38.5 Å². The molecule has 2 rings (SSSR count). The molecule has 0 saturated carbocycles. The summed E-state index contributed by atoms with van der Waals surface area (Å²) in [4.78, 5) is 12.7. The molecule has 1 aliphatic heterocycles. The second-order valence-electron chi connectivity index (χ2n) is 7.45. The van der Waals surface area contributed by atoms with E-state index in [4.69, 9.17) is 0 Å². The molecule has 28 heavy (non-hydrogen) atoms. The highest BCUT2D eigenvalue weighted by Gasteiger charge is 2.25. The summed E-state index contributed by atoms with van der Waals surface area (Å²) in [6, 6.07) is 3.34. The molecule has 0 aliphatic carbocycles. The Morgan fingerprint density at radius 1 is 1.29 bits per heavy atom. The number of pyridine rings is 1. The standard InChI is InChI=1S/C20H35FN6.HI/c1-22-20(24-12-7-5-4-6-8-14-26(2)3)25-17-11-15-27(16-17)19-18(21)10-9-13-23-19;/h9-10,13,17H,4-8,11-12,14-16H2,1-3H3,(H2,22,24,25);1H. The summed E-state index contributed by atoms with van der Waals surface area (Å²) in [5.41, 5.74) is 0. The first-order valence-electron chi connectivity index (χ1n) is 10.1. The minimum Gasteiger partial charge on any atom is -0.356 e. The van der Waals surface area contributed by atoms with Gasteiger partial charge in [-0.05, 0) is 52.0 Å². The van der Waals surface area contributed by atoms with Gasteiger partial charge in [0.1, 0.15) is 0 Å². The van der Waals surface area contributed by atoms with Crippen LogP contribution in [0.5, 0.6) is 0 Å². The molecular weight excluding hydrogens is 470 g/mol. The lowest BCUT2D eigenvalue weighted by molar-refractivity contribution is 0.389. The largest absolute Gasteiger partial charge is 0.356 e. The van der Waals surface area contributed by atoms with Crippen LogP contribution in [0.4, 0.5) is 10.2 Å². The second kappa shape index (κ2) is 13.9. The normalized spacial score (nSPS) is 17.0. The number of hydrogen-bond donors (Lipinski definition) is 2. The van der Waals surface area contributed by atoms with Gasteiger partial charge in [-0.1, -0.05) is 19.3 Å². The van der Waals surface area contributed by atoms with Crippen molar-refractivity contribution in [2.45, 2.75) is 44.6 Å².